The van der Waals surface area contributed by atoms with E-state index in [1.54, 1.807) is 6.33 Å². The van der Waals surface area contributed by atoms with Crippen molar-refractivity contribution >= 4 is 34.4 Å². The highest BCUT2D eigenvalue weighted by Gasteiger charge is 2.17. The van der Waals surface area contributed by atoms with Crippen LogP contribution in [0.25, 0.3) is 11.2 Å². The van der Waals surface area contributed by atoms with Crippen molar-refractivity contribution in [2.24, 2.45) is 0 Å². The molecule has 5 nitrogen and oxygen atoms in total. The van der Waals surface area contributed by atoms with Crippen LogP contribution < -0.4 is 0 Å². The van der Waals surface area contributed by atoms with Gasteiger partial charge in [-0.2, -0.15) is 4.98 Å². The van der Waals surface area contributed by atoms with E-state index in [9.17, 15) is 5.11 Å². The summed E-state index contributed by atoms with van der Waals surface area (Å²) in [7, 11) is 0. The zero-order valence-electron chi connectivity index (χ0n) is 11.4. The largest absolute Gasteiger partial charge is 0.396 e. The molecule has 0 aliphatic heterocycles. The summed E-state index contributed by atoms with van der Waals surface area (Å²) in [6.45, 7) is 2.30. The lowest BCUT2D eigenvalue weighted by Crippen LogP contribution is -2.11. The van der Waals surface area contributed by atoms with Crippen LogP contribution in [0.3, 0.4) is 0 Å². The molecule has 0 spiro atoms. The first-order valence-corrected chi connectivity index (χ1v) is 7.59. The Morgan fingerprint density at radius 2 is 2.05 bits per heavy atom. The van der Waals surface area contributed by atoms with E-state index in [0.717, 1.165) is 19.3 Å². The Morgan fingerprint density at radius 1 is 1.25 bits per heavy atom. The van der Waals surface area contributed by atoms with Gasteiger partial charge in [0.1, 0.15) is 5.52 Å². The third kappa shape index (κ3) is 3.40. The monoisotopic (exact) mass is 316 g/mol. The second kappa shape index (κ2) is 7.20. The Kier molecular flexibility index (Phi) is 5.57. The van der Waals surface area contributed by atoms with E-state index >= 15 is 0 Å². The summed E-state index contributed by atoms with van der Waals surface area (Å²) in [6.07, 6.45) is 6.77. The molecule has 0 aliphatic rings. The maximum atomic E-state index is 9.25. The van der Waals surface area contributed by atoms with Gasteiger partial charge in [-0.25, -0.2) is 9.97 Å². The number of hydrogen-bond donors (Lipinski definition) is 1. The summed E-state index contributed by atoms with van der Waals surface area (Å²) < 4.78 is 1.95. The molecule has 7 heteroatoms. The Hall–Kier alpha value is -0.910. The Labute approximate surface area is 128 Å². The summed E-state index contributed by atoms with van der Waals surface area (Å²) in [5.41, 5.74) is 1.18. The Balaban J connectivity index is 2.32. The predicted octanol–water partition coefficient (Wildman–Crippen LogP) is 3.64. The van der Waals surface area contributed by atoms with Gasteiger partial charge in [-0.05, 0) is 24.4 Å². The molecule has 1 N–H and O–H groups in total. The van der Waals surface area contributed by atoms with Crippen molar-refractivity contribution in [1.82, 2.24) is 19.5 Å². The van der Waals surface area contributed by atoms with Crippen LogP contribution in [0.2, 0.25) is 10.4 Å². The highest BCUT2D eigenvalue weighted by Crippen LogP contribution is 2.27. The van der Waals surface area contributed by atoms with Crippen LogP contribution in [0, 0.1) is 0 Å². The number of halogens is 2. The summed E-state index contributed by atoms with van der Waals surface area (Å²) in [6, 6.07) is 0.151. The van der Waals surface area contributed by atoms with E-state index < -0.39 is 0 Å². The molecule has 2 heterocycles. The van der Waals surface area contributed by atoms with Gasteiger partial charge >= 0.3 is 0 Å². The molecule has 110 valence electrons. The van der Waals surface area contributed by atoms with E-state index in [1.165, 1.54) is 6.42 Å². The fourth-order valence-corrected chi connectivity index (χ4v) is 2.75. The van der Waals surface area contributed by atoms with Crippen molar-refractivity contribution in [3.63, 3.8) is 0 Å². The number of aliphatic hydroxyl groups is 1. The molecule has 0 aliphatic carbocycles. The minimum atomic E-state index is 0.112. The minimum Gasteiger partial charge on any atom is -0.396 e. The molecule has 0 saturated heterocycles. The summed E-state index contributed by atoms with van der Waals surface area (Å²) in [4.78, 5) is 12.4. The van der Waals surface area contributed by atoms with Crippen LogP contribution >= 0.6 is 23.2 Å². The SMILES string of the molecule is CCCCC[C@@H](CCO)n1cnc2c(Cl)nc(Cl)nc21. The fraction of sp³-hybridized carbons (Fsp3) is 0.615. The maximum absolute atomic E-state index is 9.25. The minimum absolute atomic E-state index is 0.112. The van der Waals surface area contributed by atoms with Gasteiger partial charge in [0.2, 0.25) is 5.28 Å². The molecular formula is C13H18Cl2N4O. The zero-order chi connectivity index (χ0) is 14.5. The van der Waals surface area contributed by atoms with Gasteiger partial charge in [0, 0.05) is 12.6 Å². The topological polar surface area (TPSA) is 63.8 Å². The standard InChI is InChI=1S/C13H18Cl2N4O/c1-2-3-4-5-9(6-7-20)19-8-16-10-11(14)17-13(15)18-12(10)19/h8-9,20H,2-7H2,1H3/t9-/m0/s1. The zero-order valence-corrected chi connectivity index (χ0v) is 12.9. The number of aromatic nitrogens is 4. The van der Waals surface area contributed by atoms with E-state index in [4.69, 9.17) is 23.2 Å². The maximum Gasteiger partial charge on any atom is 0.225 e. The highest BCUT2D eigenvalue weighted by atomic mass is 35.5. The summed E-state index contributed by atoms with van der Waals surface area (Å²) in [5, 5.41) is 9.63. The van der Waals surface area contributed by atoms with Crippen molar-refractivity contribution in [3.05, 3.63) is 16.8 Å². The number of aliphatic hydroxyl groups excluding tert-OH is 1. The second-order valence-corrected chi connectivity index (χ2v) is 5.47. The number of rotatable bonds is 7. The molecule has 0 aromatic carbocycles. The molecule has 0 bridgehead atoms. The van der Waals surface area contributed by atoms with Crippen LogP contribution in [0.5, 0.6) is 0 Å². The fourth-order valence-electron chi connectivity index (χ4n) is 2.33. The molecule has 20 heavy (non-hydrogen) atoms. The van der Waals surface area contributed by atoms with Gasteiger partial charge in [-0.3, -0.25) is 0 Å². The van der Waals surface area contributed by atoms with Crippen LogP contribution in [0.1, 0.15) is 45.1 Å². The second-order valence-electron chi connectivity index (χ2n) is 4.77. The molecule has 2 rings (SSSR count). The van der Waals surface area contributed by atoms with Gasteiger partial charge in [0.25, 0.3) is 0 Å². The van der Waals surface area contributed by atoms with E-state index in [1.807, 2.05) is 4.57 Å². The van der Waals surface area contributed by atoms with E-state index in [2.05, 4.69) is 21.9 Å². The molecule has 1 atom stereocenters. The van der Waals surface area contributed by atoms with Crippen molar-refractivity contribution in [2.45, 2.75) is 45.1 Å². The molecule has 2 aromatic heterocycles. The van der Waals surface area contributed by atoms with Gasteiger partial charge in [0.05, 0.1) is 6.33 Å². The lowest BCUT2D eigenvalue weighted by Gasteiger charge is -2.17. The molecule has 0 saturated carbocycles. The summed E-state index contributed by atoms with van der Waals surface area (Å²) >= 11 is 11.9. The van der Waals surface area contributed by atoms with Gasteiger partial charge in [-0.1, -0.05) is 37.8 Å². The van der Waals surface area contributed by atoms with Crippen LogP contribution in [-0.2, 0) is 0 Å². The third-order valence-corrected chi connectivity index (χ3v) is 3.78. The van der Waals surface area contributed by atoms with Crippen LogP contribution in [0.4, 0.5) is 0 Å². The van der Waals surface area contributed by atoms with Gasteiger partial charge in [0.15, 0.2) is 10.8 Å². The van der Waals surface area contributed by atoms with Crippen molar-refractivity contribution in [2.75, 3.05) is 6.61 Å². The quantitative estimate of drug-likeness (QED) is 0.481. The summed E-state index contributed by atoms with van der Waals surface area (Å²) in [5.74, 6) is 0. The van der Waals surface area contributed by atoms with Crippen molar-refractivity contribution in [1.29, 1.82) is 0 Å². The predicted molar refractivity (Wildman–Crippen MR) is 80.2 cm³/mol. The van der Waals surface area contributed by atoms with Gasteiger partial charge in [-0.15, -0.1) is 0 Å². The molecule has 2 aromatic rings. The molecule has 0 unspecified atom stereocenters. The number of imidazole rings is 1. The van der Waals surface area contributed by atoms with E-state index in [-0.39, 0.29) is 23.1 Å². The first kappa shape index (κ1) is 15.5. The third-order valence-electron chi connectivity index (χ3n) is 3.35. The average molecular weight is 317 g/mol. The van der Waals surface area contributed by atoms with Crippen LogP contribution in [-0.4, -0.2) is 31.2 Å². The highest BCUT2D eigenvalue weighted by molar-refractivity contribution is 6.35. The van der Waals surface area contributed by atoms with Crippen molar-refractivity contribution < 1.29 is 5.11 Å². The number of hydrogen-bond acceptors (Lipinski definition) is 4. The molecule has 0 radical (unpaired) electrons. The number of nitrogens with zero attached hydrogens (tertiary/aromatic N) is 4. The normalized spacial score (nSPS) is 13.0. The Bertz CT molecular complexity index is 573. The average Bonchev–Trinajstić information content (AvgIpc) is 2.82. The van der Waals surface area contributed by atoms with Crippen molar-refractivity contribution in [3.8, 4) is 0 Å². The van der Waals surface area contributed by atoms with E-state index in [0.29, 0.717) is 17.6 Å². The molecular weight excluding hydrogens is 299 g/mol. The molecule has 0 fully saturated rings. The Morgan fingerprint density at radius 3 is 2.75 bits per heavy atom. The van der Waals surface area contributed by atoms with Gasteiger partial charge < -0.3 is 9.67 Å². The lowest BCUT2D eigenvalue weighted by atomic mass is 10.1. The number of fused-ring (bicyclic) bond motifs is 1. The van der Waals surface area contributed by atoms with Crippen LogP contribution in [0.15, 0.2) is 6.33 Å². The lowest BCUT2D eigenvalue weighted by molar-refractivity contribution is 0.251. The molecule has 0 amide bonds. The first-order chi connectivity index (χ1) is 9.67. The smallest absolute Gasteiger partial charge is 0.225 e. The first-order valence-electron chi connectivity index (χ1n) is 6.83. The number of unbranched alkanes of at least 4 members (excludes halogenated alkanes) is 2.